The van der Waals surface area contributed by atoms with E-state index in [1.54, 1.807) is 0 Å². The summed E-state index contributed by atoms with van der Waals surface area (Å²) in [5, 5.41) is 7.28. The van der Waals surface area contributed by atoms with Crippen LogP contribution in [-0.4, -0.2) is 20.4 Å². The third kappa shape index (κ3) is 7.25. The van der Waals surface area contributed by atoms with E-state index in [4.69, 9.17) is 23.2 Å². The van der Waals surface area contributed by atoms with Gasteiger partial charge >= 0.3 is 0 Å². The molecule has 0 radical (unpaired) electrons. The highest BCUT2D eigenvalue weighted by Crippen LogP contribution is 2.32. The fraction of sp³-hybridized carbons (Fsp3) is 0.387. The van der Waals surface area contributed by atoms with E-state index in [0.717, 1.165) is 31.4 Å². The number of fused-ring (bicyclic) bond motifs is 1. The van der Waals surface area contributed by atoms with Crippen molar-refractivity contribution >= 4 is 39.1 Å². The number of hydrogen-bond acceptors (Lipinski definition) is 4. The van der Waals surface area contributed by atoms with Crippen LogP contribution in [-0.2, 0) is 27.8 Å². The molecule has 212 valence electrons. The lowest BCUT2D eigenvalue weighted by Crippen LogP contribution is -2.36. The number of nitrogens with one attached hydrogen (secondary N) is 3. The molecule has 2 aliphatic rings. The first-order valence-corrected chi connectivity index (χ1v) is 16.2. The smallest absolute Gasteiger partial charge is 0.241 e. The van der Waals surface area contributed by atoms with Crippen molar-refractivity contribution in [3.8, 4) is 0 Å². The Balaban J connectivity index is 1.28. The van der Waals surface area contributed by atoms with Crippen LogP contribution >= 0.6 is 23.2 Å². The monoisotopic (exact) mass is 599 g/mol. The van der Waals surface area contributed by atoms with Gasteiger partial charge in [-0.2, -0.15) is 0 Å². The summed E-state index contributed by atoms with van der Waals surface area (Å²) in [6.45, 7) is 0.868. The zero-order valence-electron chi connectivity index (χ0n) is 22.3. The standard InChI is InChI=1S/C31H35Cl2N3O3S/c32-27-16-14-25(18-28(27)33)40(38,39)36-30(22-7-2-1-3-8-22)19-31(37)35-29-12-6-9-23-17-21(13-15-26(23)29)20-34-24-10-4-5-11-24/h1-3,7-8,13-18,24,29-30,34,36H,4-6,9-12,19-20H2,(H,35,37)/t29-,30-/m1/s1. The highest BCUT2D eigenvalue weighted by atomic mass is 35.5. The van der Waals surface area contributed by atoms with E-state index in [0.29, 0.717) is 11.6 Å². The van der Waals surface area contributed by atoms with Crippen LogP contribution in [0.4, 0.5) is 0 Å². The number of sulfonamides is 1. The van der Waals surface area contributed by atoms with Crippen molar-refractivity contribution in [2.45, 2.75) is 80.9 Å². The molecule has 0 heterocycles. The summed E-state index contributed by atoms with van der Waals surface area (Å²) in [4.78, 5) is 13.3. The van der Waals surface area contributed by atoms with Crippen molar-refractivity contribution in [3.05, 3.63) is 99.0 Å². The van der Waals surface area contributed by atoms with Crippen LogP contribution in [0, 0.1) is 0 Å². The summed E-state index contributed by atoms with van der Waals surface area (Å²) in [7, 11) is -3.97. The molecule has 0 bridgehead atoms. The summed E-state index contributed by atoms with van der Waals surface area (Å²) in [6, 6.07) is 19.6. The average molecular weight is 601 g/mol. The molecule has 0 saturated heterocycles. The Labute approximate surface area is 246 Å². The number of carbonyl (C=O) groups is 1. The van der Waals surface area contributed by atoms with Crippen molar-refractivity contribution in [2.24, 2.45) is 0 Å². The van der Waals surface area contributed by atoms with Crippen LogP contribution < -0.4 is 15.4 Å². The first-order valence-electron chi connectivity index (χ1n) is 14.0. The third-order valence-corrected chi connectivity index (χ3v) is 10.1. The highest BCUT2D eigenvalue weighted by molar-refractivity contribution is 7.89. The quantitative estimate of drug-likeness (QED) is 0.244. The number of hydrogen-bond donors (Lipinski definition) is 3. The van der Waals surface area contributed by atoms with Gasteiger partial charge in [-0.25, -0.2) is 13.1 Å². The first-order chi connectivity index (χ1) is 19.3. The molecule has 3 aromatic rings. The van der Waals surface area contributed by atoms with Gasteiger partial charge in [-0.05, 0) is 72.6 Å². The van der Waals surface area contributed by atoms with E-state index in [2.05, 4.69) is 33.6 Å². The van der Waals surface area contributed by atoms with Crippen molar-refractivity contribution in [2.75, 3.05) is 0 Å². The molecular formula is C31H35Cl2N3O3S. The molecule has 1 fully saturated rings. The number of rotatable bonds is 10. The van der Waals surface area contributed by atoms with Gasteiger partial charge in [-0.1, -0.05) is 84.6 Å². The molecule has 0 spiro atoms. The number of aryl methyl sites for hydroxylation is 1. The Kier molecular flexibility index (Phi) is 9.49. The second-order valence-corrected chi connectivity index (χ2v) is 13.3. The predicted octanol–water partition coefficient (Wildman–Crippen LogP) is 6.63. The van der Waals surface area contributed by atoms with Gasteiger partial charge in [0.05, 0.1) is 27.0 Å². The molecule has 40 heavy (non-hydrogen) atoms. The SMILES string of the molecule is O=C(C[C@@H](NS(=O)(=O)c1ccc(Cl)c(Cl)c1)c1ccccc1)N[C@@H]1CCCc2cc(CNC3CCCC3)ccc21. The van der Waals surface area contributed by atoms with Gasteiger partial charge in [0.1, 0.15) is 0 Å². The molecule has 0 aliphatic heterocycles. The number of amides is 1. The molecule has 1 amide bonds. The number of halogens is 2. The summed E-state index contributed by atoms with van der Waals surface area (Å²) in [5.74, 6) is -0.212. The Morgan fingerprint density at radius 2 is 1.68 bits per heavy atom. The fourth-order valence-electron chi connectivity index (χ4n) is 5.77. The summed E-state index contributed by atoms with van der Waals surface area (Å²) in [5.41, 5.74) is 4.40. The number of benzene rings is 3. The van der Waals surface area contributed by atoms with Crippen LogP contribution in [0.15, 0.2) is 71.6 Å². The van der Waals surface area contributed by atoms with Crippen LogP contribution in [0.1, 0.15) is 79.3 Å². The van der Waals surface area contributed by atoms with Crippen LogP contribution in [0.3, 0.4) is 0 Å². The van der Waals surface area contributed by atoms with Crippen molar-refractivity contribution in [3.63, 3.8) is 0 Å². The van der Waals surface area contributed by atoms with Gasteiger partial charge in [0.2, 0.25) is 15.9 Å². The number of carbonyl (C=O) groups excluding carboxylic acids is 1. The van der Waals surface area contributed by atoms with E-state index in [-0.39, 0.29) is 33.3 Å². The normalized spacial score (nSPS) is 18.3. The molecule has 0 unspecified atom stereocenters. The maximum atomic E-state index is 13.3. The first kappa shape index (κ1) is 29.1. The van der Waals surface area contributed by atoms with E-state index in [1.165, 1.54) is 55.0 Å². The van der Waals surface area contributed by atoms with Gasteiger partial charge in [0, 0.05) is 19.0 Å². The maximum absolute atomic E-state index is 13.3. The Morgan fingerprint density at radius 3 is 2.42 bits per heavy atom. The molecule has 6 nitrogen and oxygen atoms in total. The lowest BCUT2D eigenvalue weighted by Gasteiger charge is -2.28. The molecule has 9 heteroatoms. The lowest BCUT2D eigenvalue weighted by atomic mass is 9.86. The molecule has 3 aromatic carbocycles. The summed E-state index contributed by atoms with van der Waals surface area (Å²) >= 11 is 12.1. The molecule has 2 aliphatic carbocycles. The average Bonchev–Trinajstić information content (AvgIpc) is 3.47. The van der Waals surface area contributed by atoms with Crippen LogP contribution in [0.2, 0.25) is 10.0 Å². The topological polar surface area (TPSA) is 87.3 Å². The van der Waals surface area contributed by atoms with Gasteiger partial charge in [0.25, 0.3) is 0 Å². The second-order valence-electron chi connectivity index (χ2n) is 10.8. The van der Waals surface area contributed by atoms with E-state index < -0.39 is 16.1 Å². The fourth-order valence-corrected chi connectivity index (χ4v) is 7.38. The van der Waals surface area contributed by atoms with Gasteiger partial charge in [-0.15, -0.1) is 0 Å². The van der Waals surface area contributed by atoms with Gasteiger partial charge < -0.3 is 10.6 Å². The van der Waals surface area contributed by atoms with Gasteiger partial charge in [0.15, 0.2) is 0 Å². The van der Waals surface area contributed by atoms with Gasteiger partial charge in [-0.3, -0.25) is 4.79 Å². The zero-order chi connectivity index (χ0) is 28.1. The largest absolute Gasteiger partial charge is 0.349 e. The van der Waals surface area contributed by atoms with Crippen LogP contribution in [0.25, 0.3) is 0 Å². The maximum Gasteiger partial charge on any atom is 0.241 e. The van der Waals surface area contributed by atoms with Crippen molar-refractivity contribution < 1.29 is 13.2 Å². The summed E-state index contributed by atoms with van der Waals surface area (Å²) < 4.78 is 29.2. The minimum Gasteiger partial charge on any atom is -0.349 e. The summed E-state index contributed by atoms with van der Waals surface area (Å²) in [6.07, 6.45) is 7.93. The van der Waals surface area contributed by atoms with E-state index in [9.17, 15) is 13.2 Å². The van der Waals surface area contributed by atoms with E-state index >= 15 is 0 Å². The highest BCUT2D eigenvalue weighted by Gasteiger charge is 2.27. The third-order valence-electron chi connectivity index (χ3n) is 7.90. The predicted molar refractivity (Wildman–Crippen MR) is 160 cm³/mol. The Morgan fingerprint density at radius 1 is 0.900 bits per heavy atom. The molecule has 0 aromatic heterocycles. The molecule has 3 N–H and O–H groups in total. The minimum atomic E-state index is -3.97. The molecule has 2 atom stereocenters. The lowest BCUT2D eigenvalue weighted by molar-refractivity contribution is -0.122. The van der Waals surface area contributed by atoms with Crippen molar-refractivity contribution in [1.29, 1.82) is 0 Å². The van der Waals surface area contributed by atoms with Crippen molar-refractivity contribution in [1.82, 2.24) is 15.4 Å². The molecule has 1 saturated carbocycles. The Bertz CT molecular complexity index is 1440. The zero-order valence-corrected chi connectivity index (χ0v) is 24.7. The Hall–Kier alpha value is -2.42. The minimum absolute atomic E-state index is 0.0114. The molecule has 5 rings (SSSR count). The van der Waals surface area contributed by atoms with Crippen LogP contribution in [0.5, 0.6) is 0 Å². The molecular weight excluding hydrogens is 565 g/mol. The van der Waals surface area contributed by atoms with E-state index in [1.807, 2.05) is 30.3 Å². The second kappa shape index (κ2) is 13.0.